The molecule has 0 amide bonds. The minimum absolute atomic E-state index is 0.0734. The van der Waals surface area contributed by atoms with Gasteiger partial charge in [-0.25, -0.2) is 0 Å². The van der Waals surface area contributed by atoms with Gasteiger partial charge in [0.2, 0.25) is 5.89 Å². The summed E-state index contributed by atoms with van der Waals surface area (Å²) in [6.45, 7) is 11.7. The zero-order valence-electron chi connectivity index (χ0n) is 13.6. The summed E-state index contributed by atoms with van der Waals surface area (Å²) in [5.41, 5.74) is 0.0734. The number of nitrogens with one attached hydrogen (secondary N) is 1. The molecular formula is C16H29N3O. The predicted octanol–water partition coefficient (Wildman–Crippen LogP) is 3.89. The molecule has 1 saturated carbocycles. The van der Waals surface area contributed by atoms with Crippen LogP contribution in [-0.4, -0.2) is 15.7 Å². The van der Waals surface area contributed by atoms with Crippen molar-refractivity contribution in [2.24, 2.45) is 11.8 Å². The second-order valence-electron chi connectivity index (χ2n) is 7.51. The van der Waals surface area contributed by atoms with Gasteiger partial charge in [0.1, 0.15) is 0 Å². The third-order valence-corrected chi connectivity index (χ3v) is 4.33. The minimum Gasteiger partial charge on any atom is -0.338 e. The molecule has 0 bridgehead atoms. The molecule has 20 heavy (non-hydrogen) atoms. The number of aromatic nitrogens is 2. The van der Waals surface area contributed by atoms with E-state index in [1.165, 1.54) is 25.7 Å². The highest BCUT2D eigenvalue weighted by Crippen LogP contribution is 2.37. The molecule has 1 fully saturated rings. The lowest BCUT2D eigenvalue weighted by atomic mass is 9.77. The van der Waals surface area contributed by atoms with Crippen molar-refractivity contribution in [2.75, 3.05) is 0 Å². The molecule has 4 nitrogen and oxygen atoms in total. The van der Waals surface area contributed by atoms with Gasteiger partial charge >= 0.3 is 0 Å². The molecule has 0 saturated heterocycles. The molecule has 1 aliphatic carbocycles. The van der Waals surface area contributed by atoms with Crippen LogP contribution in [-0.2, 0) is 6.54 Å². The Morgan fingerprint density at radius 3 is 2.40 bits per heavy atom. The monoisotopic (exact) mass is 279 g/mol. The molecule has 1 N–H and O–H groups in total. The summed E-state index contributed by atoms with van der Waals surface area (Å²) >= 11 is 0. The number of hydrogen-bond donors (Lipinski definition) is 1. The SMILES string of the molecule is CC(C)C1CCC(c2noc(CNC(C)(C)C)n2)CC1. The van der Waals surface area contributed by atoms with E-state index in [1.54, 1.807) is 0 Å². The molecule has 114 valence electrons. The lowest BCUT2D eigenvalue weighted by molar-refractivity contribution is 0.251. The molecule has 1 aliphatic rings. The Bertz CT molecular complexity index is 412. The molecule has 2 rings (SSSR count). The van der Waals surface area contributed by atoms with Crippen molar-refractivity contribution in [3.8, 4) is 0 Å². The second-order valence-corrected chi connectivity index (χ2v) is 7.51. The molecular weight excluding hydrogens is 250 g/mol. The van der Waals surface area contributed by atoms with E-state index < -0.39 is 0 Å². The first kappa shape index (κ1) is 15.5. The van der Waals surface area contributed by atoms with E-state index in [9.17, 15) is 0 Å². The maximum Gasteiger partial charge on any atom is 0.240 e. The van der Waals surface area contributed by atoms with Gasteiger partial charge in [-0.3, -0.25) is 0 Å². The molecule has 0 unspecified atom stereocenters. The second kappa shape index (κ2) is 6.25. The van der Waals surface area contributed by atoms with E-state index in [0.717, 1.165) is 17.7 Å². The summed E-state index contributed by atoms with van der Waals surface area (Å²) in [6, 6.07) is 0. The van der Waals surface area contributed by atoms with Crippen LogP contribution in [0.15, 0.2) is 4.52 Å². The van der Waals surface area contributed by atoms with Crippen LogP contribution < -0.4 is 5.32 Å². The van der Waals surface area contributed by atoms with Crippen LogP contribution in [0, 0.1) is 11.8 Å². The van der Waals surface area contributed by atoms with Gasteiger partial charge in [-0.05, 0) is 58.3 Å². The van der Waals surface area contributed by atoms with E-state index in [0.29, 0.717) is 18.4 Å². The van der Waals surface area contributed by atoms with E-state index >= 15 is 0 Å². The van der Waals surface area contributed by atoms with Crippen LogP contribution in [0.1, 0.15) is 77.9 Å². The van der Waals surface area contributed by atoms with Crippen LogP contribution in [0.25, 0.3) is 0 Å². The average molecular weight is 279 g/mol. The van der Waals surface area contributed by atoms with Gasteiger partial charge in [-0.1, -0.05) is 19.0 Å². The number of hydrogen-bond acceptors (Lipinski definition) is 4. The minimum atomic E-state index is 0.0734. The maximum absolute atomic E-state index is 5.36. The van der Waals surface area contributed by atoms with Gasteiger partial charge in [-0.15, -0.1) is 0 Å². The Morgan fingerprint density at radius 2 is 1.85 bits per heavy atom. The van der Waals surface area contributed by atoms with Gasteiger partial charge in [0.25, 0.3) is 0 Å². The molecule has 0 spiro atoms. The fourth-order valence-electron chi connectivity index (χ4n) is 2.89. The van der Waals surface area contributed by atoms with E-state index in [4.69, 9.17) is 4.52 Å². The molecule has 0 radical (unpaired) electrons. The first-order valence-electron chi connectivity index (χ1n) is 7.92. The van der Waals surface area contributed by atoms with Gasteiger partial charge in [0.15, 0.2) is 5.82 Å². The summed E-state index contributed by atoms with van der Waals surface area (Å²) in [6.07, 6.45) is 5.00. The number of nitrogens with zero attached hydrogens (tertiary/aromatic N) is 2. The normalized spacial score (nSPS) is 24.3. The van der Waals surface area contributed by atoms with Crippen LogP contribution in [0.2, 0.25) is 0 Å². The summed E-state index contributed by atoms with van der Waals surface area (Å²) in [5.74, 6) is 3.80. The van der Waals surface area contributed by atoms with Crippen LogP contribution >= 0.6 is 0 Å². The molecule has 1 heterocycles. The molecule has 0 aliphatic heterocycles. The molecule has 0 aromatic carbocycles. The Labute approximate surface area is 122 Å². The van der Waals surface area contributed by atoms with Crippen LogP contribution in [0.3, 0.4) is 0 Å². The largest absolute Gasteiger partial charge is 0.338 e. The van der Waals surface area contributed by atoms with Gasteiger partial charge in [-0.2, -0.15) is 4.98 Å². The van der Waals surface area contributed by atoms with Crippen LogP contribution in [0.5, 0.6) is 0 Å². The van der Waals surface area contributed by atoms with Gasteiger partial charge in [0.05, 0.1) is 6.54 Å². The Kier molecular flexibility index (Phi) is 4.84. The maximum atomic E-state index is 5.36. The summed E-state index contributed by atoms with van der Waals surface area (Å²) in [4.78, 5) is 4.57. The highest BCUT2D eigenvalue weighted by atomic mass is 16.5. The van der Waals surface area contributed by atoms with Crippen molar-refractivity contribution >= 4 is 0 Å². The first-order valence-corrected chi connectivity index (χ1v) is 7.92. The van der Waals surface area contributed by atoms with Crippen molar-refractivity contribution in [2.45, 2.75) is 78.3 Å². The molecule has 0 atom stereocenters. The quantitative estimate of drug-likeness (QED) is 0.908. The molecule has 4 heteroatoms. The molecule has 1 aromatic heterocycles. The van der Waals surface area contributed by atoms with Crippen molar-refractivity contribution < 1.29 is 4.52 Å². The van der Waals surface area contributed by atoms with Crippen molar-refractivity contribution in [1.82, 2.24) is 15.5 Å². The highest BCUT2D eigenvalue weighted by Gasteiger charge is 2.27. The van der Waals surface area contributed by atoms with E-state index in [-0.39, 0.29) is 5.54 Å². The lowest BCUT2D eigenvalue weighted by Crippen LogP contribution is -2.35. The number of rotatable bonds is 4. The highest BCUT2D eigenvalue weighted by molar-refractivity contribution is 4.98. The van der Waals surface area contributed by atoms with Gasteiger partial charge in [0, 0.05) is 11.5 Å². The summed E-state index contributed by atoms with van der Waals surface area (Å²) in [7, 11) is 0. The van der Waals surface area contributed by atoms with Crippen molar-refractivity contribution in [1.29, 1.82) is 0 Å². The van der Waals surface area contributed by atoms with E-state index in [1.807, 2.05) is 0 Å². The lowest BCUT2D eigenvalue weighted by Gasteiger charge is -2.29. The predicted molar refractivity (Wildman–Crippen MR) is 80.4 cm³/mol. The smallest absolute Gasteiger partial charge is 0.240 e. The van der Waals surface area contributed by atoms with Gasteiger partial charge < -0.3 is 9.84 Å². The van der Waals surface area contributed by atoms with Crippen molar-refractivity contribution in [3.63, 3.8) is 0 Å². The zero-order chi connectivity index (χ0) is 14.8. The third kappa shape index (κ3) is 4.30. The fraction of sp³-hybridized carbons (Fsp3) is 0.875. The Morgan fingerprint density at radius 1 is 1.20 bits per heavy atom. The Hall–Kier alpha value is -0.900. The average Bonchev–Trinajstić information content (AvgIpc) is 2.84. The zero-order valence-corrected chi connectivity index (χ0v) is 13.6. The summed E-state index contributed by atoms with van der Waals surface area (Å²) < 4.78 is 5.36. The summed E-state index contributed by atoms with van der Waals surface area (Å²) in [5, 5.41) is 7.56. The van der Waals surface area contributed by atoms with Crippen molar-refractivity contribution in [3.05, 3.63) is 11.7 Å². The standard InChI is InChI=1S/C16H29N3O/c1-11(2)12-6-8-13(9-7-12)15-18-14(20-19-15)10-17-16(3,4)5/h11-13,17H,6-10H2,1-5H3. The van der Waals surface area contributed by atoms with Crippen LogP contribution in [0.4, 0.5) is 0 Å². The first-order chi connectivity index (χ1) is 9.35. The Balaban J connectivity index is 1.87. The molecule has 1 aromatic rings. The van der Waals surface area contributed by atoms with E-state index in [2.05, 4.69) is 50.1 Å². The topological polar surface area (TPSA) is 51.0 Å². The fourth-order valence-corrected chi connectivity index (χ4v) is 2.89. The third-order valence-electron chi connectivity index (χ3n) is 4.33.